The van der Waals surface area contributed by atoms with Crippen LogP contribution in [0.5, 0.6) is 0 Å². The van der Waals surface area contributed by atoms with Crippen LogP contribution in [-0.2, 0) is 22.4 Å². The van der Waals surface area contributed by atoms with Crippen LogP contribution < -0.4 is 4.90 Å². The van der Waals surface area contributed by atoms with Gasteiger partial charge in [-0.05, 0) is 48.7 Å². The lowest BCUT2D eigenvalue weighted by Gasteiger charge is -2.21. The van der Waals surface area contributed by atoms with Crippen molar-refractivity contribution in [1.29, 1.82) is 0 Å². The number of hydrogen-bond acceptors (Lipinski definition) is 7. The van der Waals surface area contributed by atoms with Crippen molar-refractivity contribution in [3.63, 3.8) is 0 Å². The minimum absolute atomic E-state index is 0.0598. The van der Waals surface area contributed by atoms with Crippen LogP contribution in [0.1, 0.15) is 35.3 Å². The van der Waals surface area contributed by atoms with Crippen molar-refractivity contribution in [2.24, 2.45) is 0 Å². The summed E-state index contributed by atoms with van der Waals surface area (Å²) in [5, 5.41) is 11.1. The fraction of sp³-hybridized carbons (Fsp3) is 0.250. The molecular formula is C24H22F2N2O6S. The Balaban J connectivity index is 2.24. The summed E-state index contributed by atoms with van der Waals surface area (Å²) in [6.07, 6.45) is -0.586. The smallest absolute Gasteiger partial charge is 0.414 e. The maximum absolute atomic E-state index is 14.4. The Bertz CT molecular complexity index is 1240. The molecule has 0 aliphatic carbocycles. The molecule has 0 radical (unpaired) electrons. The van der Waals surface area contributed by atoms with Gasteiger partial charge in [0.25, 0.3) is 5.69 Å². The van der Waals surface area contributed by atoms with E-state index in [1.165, 1.54) is 30.3 Å². The fourth-order valence-electron chi connectivity index (χ4n) is 3.53. The molecule has 184 valence electrons. The van der Waals surface area contributed by atoms with Gasteiger partial charge in [-0.15, -0.1) is 11.3 Å². The Labute approximate surface area is 203 Å². The first-order valence-corrected chi connectivity index (χ1v) is 11.4. The molecule has 0 saturated carbocycles. The van der Waals surface area contributed by atoms with Crippen LogP contribution in [0.15, 0.2) is 42.5 Å². The molecule has 0 N–H and O–H groups in total. The van der Waals surface area contributed by atoms with Crippen LogP contribution in [0.3, 0.4) is 0 Å². The summed E-state index contributed by atoms with van der Waals surface area (Å²) in [6.45, 7) is 2.94. The zero-order valence-corrected chi connectivity index (χ0v) is 20.0. The van der Waals surface area contributed by atoms with Crippen molar-refractivity contribution in [1.82, 2.24) is 0 Å². The molecule has 11 heteroatoms. The number of carbonyl (C=O) groups excluding carboxylic acids is 2. The topological polar surface area (TPSA) is 99.0 Å². The lowest BCUT2D eigenvalue weighted by atomic mass is 10.0. The molecule has 1 aromatic heterocycles. The molecule has 0 atom stereocenters. The summed E-state index contributed by atoms with van der Waals surface area (Å²) >= 11 is 1.02. The van der Waals surface area contributed by atoms with E-state index >= 15 is 0 Å². The fourth-order valence-corrected chi connectivity index (χ4v) is 4.91. The molecule has 0 bridgehead atoms. The standard InChI is InChI=1S/C24H22F2N2O6S/c1-4-16-20(23(29)34-5-2)22(35-21(16)14-9-11-15(12-10-14)28(31)32)27(24(30)33-3)13-17-18(25)7-6-8-19(17)26/h6-12H,4-5,13H2,1-3H3. The number of nitrogens with zero attached hydrogens (tertiary/aromatic N) is 2. The number of nitro groups is 1. The Hall–Kier alpha value is -3.86. The predicted octanol–water partition coefficient (Wildman–Crippen LogP) is 6.11. The van der Waals surface area contributed by atoms with E-state index in [0.717, 1.165) is 35.5 Å². The third-order valence-corrected chi connectivity index (χ3v) is 6.48. The zero-order chi connectivity index (χ0) is 25.7. The highest BCUT2D eigenvalue weighted by molar-refractivity contribution is 7.20. The Morgan fingerprint density at radius 3 is 2.20 bits per heavy atom. The van der Waals surface area contributed by atoms with E-state index < -0.39 is 35.2 Å². The second-order valence-corrected chi connectivity index (χ2v) is 8.22. The van der Waals surface area contributed by atoms with Crippen molar-refractivity contribution in [3.8, 4) is 10.4 Å². The molecule has 8 nitrogen and oxygen atoms in total. The summed E-state index contributed by atoms with van der Waals surface area (Å²) in [4.78, 5) is 37.8. The first kappa shape index (κ1) is 25.8. The average Bonchev–Trinajstić information content (AvgIpc) is 3.23. The van der Waals surface area contributed by atoms with E-state index in [0.29, 0.717) is 22.4 Å². The van der Waals surface area contributed by atoms with Gasteiger partial charge >= 0.3 is 12.1 Å². The third-order valence-electron chi connectivity index (χ3n) is 5.18. The molecule has 0 aliphatic heterocycles. The predicted molar refractivity (Wildman–Crippen MR) is 127 cm³/mol. The number of hydrogen-bond donors (Lipinski definition) is 0. The van der Waals surface area contributed by atoms with Gasteiger partial charge in [0.05, 0.1) is 30.7 Å². The van der Waals surface area contributed by atoms with Crippen LogP contribution in [0, 0.1) is 21.7 Å². The van der Waals surface area contributed by atoms with Gasteiger partial charge in [0, 0.05) is 22.6 Å². The monoisotopic (exact) mass is 504 g/mol. The highest BCUT2D eigenvalue weighted by atomic mass is 32.1. The highest BCUT2D eigenvalue weighted by Crippen LogP contribution is 2.44. The second kappa shape index (κ2) is 11.0. The minimum atomic E-state index is -0.933. The number of ether oxygens (including phenoxy) is 2. The van der Waals surface area contributed by atoms with Crippen molar-refractivity contribution in [3.05, 3.63) is 80.9 Å². The summed E-state index contributed by atoms with van der Waals surface area (Å²) in [7, 11) is 1.11. The number of rotatable bonds is 8. The number of carbonyl (C=O) groups is 2. The van der Waals surface area contributed by atoms with Gasteiger partial charge in [0.1, 0.15) is 16.6 Å². The molecular weight excluding hydrogens is 482 g/mol. The molecule has 1 heterocycles. The second-order valence-electron chi connectivity index (χ2n) is 7.22. The van der Waals surface area contributed by atoms with E-state index in [1.54, 1.807) is 13.8 Å². The van der Waals surface area contributed by atoms with Crippen molar-refractivity contribution < 1.29 is 32.8 Å². The molecule has 0 aliphatic rings. The van der Waals surface area contributed by atoms with Crippen LogP contribution >= 0.6 is 11.3 Å². The van der Waals surface area contributed by atoms with Gasteiger partial charge in [0.15, 0.2) is 0 Å². The molecule has 0 spiro atoms. The van der Waals surface area contributed by atoms with Crippen LogP contribution in [-0.4, -0.2) is 30.7 Å². The number of nitro benzene ring substituents is 1. The van der Waals surface area contributed by atoms with Gasteiger partial charge in [-0.3, -0.25) is 15.0 Å². The molecule has 3 rings (SSSR count). The first-order valence-electron chi connectivity index (χ1n) is 10.6. The Morgan fingerprint density at radius 1 is 1.06 bits per heavy atom. The van der Waals surface area contributed by atoms with Gasteiger partial charge in [0.2, 0.25) is 0 Å². The number of esters is 1. The molecule has 0 unspecified atom stereocenters. The van der Waals surface area contributed by atoms with Crippen LogP contribution in [0.2, 0.25) is 0 Å². The maximum Gasteiger partial charge on any atom is 0.414 e. The van der Waals surface area contributed by atoms with Gasteiger partial charge in [-0.1, -0.05) is 13.0 Å². The van der Waals surface area contributed by atoms with Crippen LogP contribution in [0.25, 0.3) is 10.4 Å². The van der Waals surface area contributed by atoms with E-state index in [1.807, 2.05) is 0 Å². The number of amides is 1. The third kappa shape index (κ3) is 5.29. The zero-order valence-electron chi connectivity index (χ0n) is 19.2. The van der Waals surface area contributed by atoms with Gasteiger partial charge in [-0.25, -0.2) is 18.4 Å². The number of thiophene rings is 1. The normalized spacial score (nSPS) is 10.7. The Morgan fingerprint density at radius 2 is 1.69 bits per heavy atom. The van der Waals surface area contributed by atoms with Crippen LogP contribution in [0.4, 0.5) is 24.3 Å². The van der Waals surface area contributed by atoms with E-state index in [-0.39, 0.29) is 28.4 Å². The van der Waals surface area contributed by atoms with E-state index in [4.69, 9.17) is 9.47 Å². The van der Waals surface area contributed by atoms with Gasteiger partial charge in [-0.2, -0.15) is 0 Å². The average molecular weight is 505 g/mol. The summed E-state index contributed by atoms with van der Waals surface area (Å²) < 4.78 is 39.0. The molecule has 3 aromatic rings. The van der Waals surface area contributed by atoms with E-state index in [9.17, 15) is 28.5 Å². The van der Waals surface area contributed by atoms with Crippen molar-refractivity contribution >= 4 is 34.1 Å². The quantitative estimate of drug-likeness (QED) is 0.208. The highest BCUT2D eigenvalue weighted by Gasteiger charge is 2.32. The molecule has 2 aromatic carbocycles. The number of benzene rings is 2. The number of non-ortho nitro benzene ring substituents is 1. The number of halogens is 2. The maximum atomic E-state index is 14.4. The van der Waals surface area contributed by atoms with Crippen molar-refractivity contribution in [2.75, 3.05) is 18.6 Å². The molecule has 1 amide bonds. The minimum Gasteiger partial charge on any atom is -0.462 e. The summed E-state index contributed by atoms with van der Waals surface area (Å²) in [5.41, 5.74) is 0.669. The molecule has 0 saturated heterocycles. The lowest BCUT2D eigenvalue weighted by Crippen LogP contribution is -2.31. The SMILES string of the molecule is CCOC(=O)c1c(N(Cc2c(F)cccc2F)C(=O)OC)sc(-c2ccc([N+](=O)[O-])cc2)c1CC. The number of methoxy groups -OCH3 is 1. The lowest BCUT2D eigenvalue weighted by molar-refractivity contribution is -0.384. The van der Waals surface area contributed by atoms with Gasteiger partial charge < -0.3 is 9.47 Å². The molecule has 35 heavy (non-hydrogen) atoms. The summed E-state index contributed by atoms with van der Waals surface area (Å²) in [5.74, 6) is -2.44. The Kier molecular flexibility index (Phi) is 8.13. The number of anilines is 1. The summed E-state index contributed by atoms with van der Waals surface area (Å²) in [6, 6.07) is 9.04. The van der Waals surface area contributed by atoms with Crippen molar-refractivity contribution in [2.45, 2.75) is 26.8 Å². The molecule has 0 fully saturated rings. The first-order chi connectivity index (χ1) is 16.7. The van der Waals surface area contributed by atoms with E-state index in [2.05, 4.69) is 0 Å². The largest absolute Gasteiger partial charge is 0.462 e.